The molecule has 4 nitrogen and oxygen atoms in total. The zero-order valence-corrected chi connectivity index (χ0v) is 9.11. The van der Waals surface area contributed by atoms with E-state index in [4.69, 9.17) is 0 Å². The number of halogens is 1. The van der Waals surface area contributed by atoms with E-state index >= 15 is 0 Å². The summed E-state index contributed by atoms with van der Waals surface area (Å²) in [6, 6.07) is 6.41. The molecular weight excluding hydrogens is 248 g/mol. The van der Waals surface area contributed by atoms with Crippen LogP contribution in [-0.2, 0) is 4.79 Å². The van der Waals surface area contributed by atoms with Crippen molar-refractivity contribution in [2.75, 3.05) is 11.9 Å². The number of carbonyl (C=O) groups excluding carboxylic acids is 2. The van der Waals surface area contributed by atoms with Crippen molar-refractivity contribution in [3.8, 4) is 0 Å². The van der Waals surface area contributed by atoms with Gasteiger partial charge in [-0.15, -0.1) is 0 Å². The highest BCUT2D eigenvalue weighted by atomic mass is 79.9. The molecule has 1 aromatic rings. The minimum atomic E-state index is -0.456. The van der Waals surface area contributed by atoms with Crippen LogP contribution in [0.4, 0.5) is 10.5 Å². The van der Waals surface area contributed by atoms with Gasteiger partial charge >= 0.3 is 6.03 Å². The maximum Gasteiger partial charge on any atom is 0.328 e. The summed E-state index contributed by atoms with van der Waals surface area (Å²) in [4.78, 5) is 22.8. The molecule has 0 heterocycles. The van der Waals surface area contributed by atoms with Gasteiger partial charge in [0, 0.05) is 11.5 Å². The fourth-order valence-electron chi connectivity index (χ4n) is 0.948. The van der Waals surface area contributed by atoms with E-state index in [-0.39, 0.29) is 0 Å². The van der Waals surface area contributed by atoms with E-state index < -0.39 is 6.03 Å². The smallest absolute Gasteiger partial charge is 0.328 e. The molecule has 0 aliphatic heterocycles. The van der Waals surface area contributed by atoms with Crippen LogP contribution >= 0.6 is 15.9 Å². The summed E-state index contributed by atoms with van der Waals surface area (Å²) >= 11 is 3.26. The van der Waals surface area contributed by atoms with Gasteiger partial charge in [-0.2, -0.15) is 0 Å². The lowest BCUT2D eigenvalue weighted by molar-refractivity contribution is -0.106. The van der Waals surface area contributed by atoms with Crippen LogP contribution in [-0.4, -0.2) is 19.5 Å². The zero-order chi connectivity index (χ0) is 10.6. The van der Waals surface area contributed by atoms with Gasteiger partial charge in [-0.25, -0.2) is 9.69 Å². The number of hydrogen-bond acceptors (Lipinski definition) is 2. The Morgan fingerprint density at radius 3 is 2.43 bits per heavy atom. The summed E-state index contributed by atoms with van der Waals surface area (Å²) in [7, 11) is 1.47. The van der Waals surface area contributed by atoms with Gasteiger partial charge in [0.25, 0.3) is 0 Å². The van der Waals surface area contributed by atoms with Crippen LogP contribution in [0.25, 0.3) is 0 Å². The van der Waals surface area contributed by atoms with E-state index in [1.165, 1.54) is 7.05 Å². The van der Waals surface area contributed by atoms with Crippen LogP contribution in [0.3, 0.4) is 0 Å². The van der Waals surface area contributed by atoms with Crippen molar-refractivity contribution in [2.24, 2.45) is 0 Å². The van der Waals surface area contributed by atoms with E-state index in [1.807, 2.05) is 0 Å². The van der Waals surface area contributed by atoms with Gasteiger partial charge in [0.15, 0.2) is 0 Å². The van der Waals surface area contributed by atoms with E-state index in [9.17, 15) is 9.59 Å². The third-order valence-electron chi connectivity index (χ3n) is 1.64. The Balaban J connectivity index is 2.95. The molecule has 0 radical (unpaired) electrons. The van der Waals surface area contributed by atoms with Gasteiger partial charge in [-0.05, 0) is 24.3 Å². The number of benzene rings is 1. The molecule has 0 unspecified atom stereocenters. The summed E-state index contributed by atoms with van der Waals surface area (Å²) < 4.78 is 0.893. The quantitative estimate of drug-likeness (QED) is 0.820. The molecule has 1 N–H and O–H groups in total. The number of nitrogens with one attached hydrogen (secondary N) is 1. The molecule has 1 aromatic carbocycles. The van der Waals surface area contributed by atoms with Gasteiger partial charge in [-0.1, -0.05) is 15.9 Å². The fraction of sp³-hybridized carbons (Fsp3) is 0.111. The second-order valence-electron chi connectivity index (χ2n) is 2.51. The first-order valence-corrected chi connectivity index (χ1v) is 4.70. The first kappa shape index (κ1) is 10.7. The SMILES string of the molecule is CNC(=O)N(C=O)c1ccc(Br)cc1. The predicted octanol–water partition coefficient (Wildman–Crippen LogP) is 1.75. The number of amides is 3. The van der Waals surface area contributed by atoms with Crippen LogP contribution < -0.4 is 10.2 Å². The van der Waals surface area contributed by atoms with E-state index in [0.29, 0.717) is 12.1 Å². The molecule has 1 rings (SSSR count). The highest BCUT2D eigenvalue weighted by Gasteiger charge is 2.11. The molecule has 0 aliphatic rings. The largest absolute Gasteiger partial charge is 0.340 e. The van der Waals surface area contributed by atoms with Crippen molar-refractivity contribution in [1.29, 1.82) is 0 Å². The van der Waals surface area contributed by atoms with Crippen molar-refractivity contribution in [2.45, 2.75) is 0 Å². The Hall–Kier alpha value is -1.36. The molecule has 0 bridgehead atoms. The minimum Gasteiger partial charge on any atom is -0.340 e. The monoisotopic (exact) mass is 256 g/mol. The highest BCUT2D eigenvalue weighted by molar-refractivity contribution is 9.10. The molecule has 0 aliphatic carbocycles. The first-order valence-electron chi connectivity index (χ1n) is 3.91. The molecule has 74 valence electrons. The third kappa shape index (κ3) is 2.32. The molecule has 0 aromatic heterocycles. The second kappa shape index (κ2) is 4.76. The summed E-state index contributed by atoms with van der Waals surface area (Å²) in [6.07, 6.45) is 0.474. The Morgan fingerprint density at radius 1 is 1.43 bits per heavy atom. The van der Waals surface area contributed by atoms with E-state index in [0.717, 1.165) is 9.37 Å². The Morgan fingerprint density at radius 2 is 2.00 bits per heavy atom. The van der Waals surface area contributed by atoms with Gasteiger partial charge in [0.2, 0.25) is 6.41 Å². The standard InChI is InChI=1S/C9H9BrN2O2/c1-11-9(14)12(6-13)8-4-2-7(10)3-5-8/h2-6H,1H3,(H,11,14). The number of urea groups is 1. The summed E-state index contributed by atoms with van der Waals surface area (Å²) in [5.41, 5.74) is 0.530. The number of rotatable bonds is 2. The van der Waals surface area contributed by atoms with Crippen molar-refractivity contribution in [3.05, 3.63) is 28.7 Å². The molecular formula is C9H9BrN2O2. The van der Waals surface area contributed by atoms with Gasteiger partial charge in [0.1, 0.15) is 0 Å². The van der Waals surface area contributed by atoms with Gasteiger partial charge in [0.05, 0.1) is 5.69 Å². The van der Waals surface area contributed by atoms with Crippen LogP contribution in [0, 0.1) is 0 Å². The molecule has 14 heavy (non-hydrogen) atoms. The Labute approximate surface area is 90.0 Å². The lowest BCUT2D eigenvalue weighted by Crippen LogP contribution is -2.36. The van der Waals surface area contributed by atoms with Crippen molar-refractivity contribution in [3.63, 3.8) is 0 Å². The molecule has 0 spiro atoms. The zero-order valence-electron chi connectivity index (χ0n) is 7.53. The summed E-state index contributed by atoms with van der Waals surface area (Å²) in [6.45, 7) is 0. The minimum absolute atomic E-state index is 0.456. The Kier molecular flexibility index (Phi) is 3.64. The highest BCUT2D eigenvalue weighted by Crippen LogP contribution is 2.17. The molecule has 0 saturated carbocycles. The number of hydrogen-bond donors (Lipinski definition) is 1. The first-order chi connectivity index (χ1) is 6.69. The van der Waals surface area contributed by atoms with Gasteiger partial charge < -0.3 is 5.32 Å². The summed E-state index contributed by atoms with van der Waals surface area (Å²) in [5.74, 6) is 0. The lowest BCUT2D eigenvalue weighted by Gasteiger charge is -2.14. The van der Waals surface area contributed by atoms with Crippen LogP contribution in [0.1, 0.15) is 0 Å². The molecule has 0 saturated heterocycles. The topological polar surface area (TPSA) is 49.4 Å². The molecule has 3 amide bonds. The number of imide groups is 1. The fourth-order valence-corrected chi connectivity index (χ4v) is 1.21. The number of carbonyl (C=O) groups is 2. The average Bonchev–Trinajstić information content (AvgIpc) is 2.21. The number of nitrogens with zero attached hydrogens (tertiary/aromatic N) is 1. The van der Waals surface area contributed by atoms with Crippen molar-refractivity contribution < 1.29 is 9.59 Å². The van der Waals surface area contributed by atoms with E-state index in [1.54, 1.807) is 24.3 Å². The second-order valence-corrected chi connectivity index (χ2v) is 3.42. The molecule has 0 atom stereocenters. The predicted molar refractivity (Wildman–Crippen MR) is 57.1 cm³/mol. The van der Waals surface area contributed by atoms with Crippen LogP contribution in [0.5, 0.6) is 0 Å². The molecule has 0 fully saturated rings. The van der Waals surface area contributed by atoms with Crippen molar-refractivity contribution >= 4 is 34.1 Å². The maximum atomic E-state index is 11.2. The Bertz CT molecular complexity index is 337. The van der Waals surface area contributed by atoms with Crippen LogP contribution in [0.15, 0.2) is 28.7 Å². The molecule has 5 heteroatoms. The summed E-state index contributed by atoms with van der Waals surface area (Å²) in [5, 5.41) is 2.37. The van der Waals surface area contributed by atoms with Gasteiger partial charge in [-0.3, -0.25) is 4.79 Å². The normalized spacial score (nSPS) is 9.29. The maximum absolute atomic E-state index is 11.2. The van der Waals surface area contributed by atoms with E-state index in [2.05, 4.69) is 21.2 Å². The third-order valence-corrected chi connectivity index (χ3v) is 2.17. The van der Waals surface area contributed by atoms with Crippen molar-refractivity contribution in [1.82, 2.24) is 5.32 Å². The van der Waals surface area contributed by atoms with Crippen LogP contribution in [0.2, 0.25) is 0 Å². The lowest BCUT2D eigenvalue weighted by atomic mass is 10.3. The average molecular weight is 257 g/mol. The number of anilines is 1.